The van der Waals surface area contributed by atoms with Crippen LogP contribution in [-0.4, -0.2) is 43.5 Å². The second kappa shape index (κ2) is 7.66. The third-order valence-electron chi connectivity index (χ3n) is 2.93. The molecule has 0 aromatic carbocycles. The van der Waals surface area contributed by atoms with E-state index in [9.17, 15) is 5.11 Å². The fourth-order valence-electron chi connectivity index (χ4n) is 1.88. The zero-order valence-electron chi connectivity index (χ0n) is 12.2. The highest BCUT2D eigenvalue weighted by atomic mass is 16.5. The summed E-state index contributed by atoms with van der Waals surface area (Å²) in [5.74, 6) is 2.02. The summed E-state index contributed by atoms with van der Waals surface area (Å²) in [6.45, 7) is 0.999. The Morgan fingerprint density at radius 3 is 2.90 bits per heavy atom. The quantitative estimate of drug-likeness (QED) is 0.798. The molecule has 6 nitrogen and oxygen atoms in total. The molecule has 0 aliphatic rings. The van der Waals surface area contributed by atoms with Crippen molar-refractivity contribution in [3.8, 4) is 5.88 Å². The van der Waals surface area contributed by atoms with Crippen LogP contribution in [0.15, 0.2) is 41.0 Å². The molecule has 0 aliphatic heterocycles. The maximum absolute atomic E-state index is 9.98. The largest absolute Gasteiger partial charge is 0.481 e. The summed E-state index contributed by atoms with van der Waals surface area (Å²) < 4.78 is 15.6. The first kappa shape index (κ1) is 15.3. The average molecular weight is 292 g/mol. The number of furan rings is 1. The average Bonchev–Trinajstić information content (AvgIpc) is 3.00. The SMILES string of the molecule is COc1cccc(N(C)CC(O)COCc2ccco2)n1. The van der Waals surface area contributed by atoms with Gasteiger partial charge < -0.3 is 23.9 Å². The van der Waals surface area contributed by atoms with Gasteiger partial charge >= 0.3 is 0 Å². The molecular weight excluding hydrogens is 272 g/mol. The van der Waals surface area contributed by atoms with Gasteiger partial charge in [-0.1, -0.05) is 6.07 Å². The Kier molecular flexibility index (Phi) is 5.59. The maximum atomic E-state index is 9.98. The normalized spacial score (nSPS) is 12.1. The zero-order valence-corrected chi connectivity index (χ0v) is 12.2. The van der Waals surface area contributed by atoms with Gasteiger partial charge in [-0.2, -0.15) is 4.98 Å². The van der Waals surface area contributed by atoms with Crippen LogP contribution in [0.2, 0.25) is 0 Å². The molecule has 2 aromatic rings. The van der Waals surface area contributed by atoms with E-state index in [-0.39, 0.29) is 6.61 Å². The van der Waals surface area contributed by atoms with E-state index in [1.807, 2.05) is 30.1 Å². The zero-order chi connectivity index (χ0) is 15.1. The first-order valence-electron chi connectivity index (χ1n) is 6.69. The Bertz CT molecular complexity index is 530. The van der Waals surface area contributed by atoms with E-state index in [0.717, 1.165) is 11.6 Å². The van der Waals surface area contributed by atoms with Gasteiger partial charge in [0.2, 0.25) is 5.88 Å². The lowest BCUT2D eigenvalue weighted by Crippen LogP contribution is -2.32. The van der Waals surface area contributed by atoms with Crippen molar-refractivity contribution in [2.24, 2.45) is 0 Å². The van der Waals surface area contributed by atoms with Crippen molar-refractivity contribution in [3.63, 3.8) is 0 Å². The number of aromatic nitrogens is 1. The van der Waals surface area contributed by atoms with Crippen LogP contribution in [0, 0.1) is 0 Å². The van der Waals surface area contributed by atoms with Gasteiger partial charge in [-0.15, -0.1) is 0 Å². The van der Waals surface area contributed by atoms with E-state index < -0.39 is 6.10 Å². The van der Waals surface area contributed by atoms with Crippen molar-refractivity contribution in [3.05, 3.63) is 42.4 Å². The van der Waals surface area contributed by atoms with E-state index in [2.05, 4.69) is 4.98 Å². The minimum atomic E-state index is -0.613. The Morgan fingerprint density at radius 1 is 1.33 bits per heavy atom. The number of methoxy groups -OCH3 is 1. The number of aliphatic hydroxyl groups excluding tert-OH is 1. The van der Waals surface area contributed by atoms with Crippen LogP contribution in [0.1, 0.15) is 5.76 Å². The van der Waals surface area contributed by atoms with Gasteiger partial charge in [0.1, 0.15) is 18.2 Å². The van der Waals surface area contributed by atoms with Crippen molar-refractivity contribution < 1.29 is 19.0 Å². The summed E-state index contributed by atoms with van der Waals surface area (Å²) in [4.78, 5) is 6.15. The topological polar surface area (TPSA) is 68.0 Å². The van der Waals surface area contributed by atoms with E-state index in [0.29, 0.717) is 19.0 Å². The highest BCUT2D eigenvalue weighted by molar-refractivity contribution is 5.39. The smallest absolute Gasteiger partial charge is 0.214 e. The van der Waals surface area contributed by atoms with Crippen LogP contribution < -0.4 is 9.64 Å². The molecule has 6 heteroatoms. The third-order valence-corrected chi connectivity index (χ3v) is 2.93. The standard InChI is InChI=1S/C15H20N2O4/c1-17(14-6-3-7-15(16-14)19-2)9-12(18)10-20-11-13-5-4-8-21-13/h3-8,12,18H,9-11H2,1-2H3. The van der Waals surface area contributed by atoms with Gasteiger partial charge in [0.25, 0.3) is 0 Å². The minimum absolute atomic E-state index is 0.231. The lowest BCUT2D eigenvalue weighted by molar-refractivity contribution is 0.0259. The molecule has 0 amide bonds. The number of nitrogens with zero attached hydrogens (tertiary/aromatic N) is 2. The van der Waals surface area contributed by atoms with E-state index in [1.165, 1.54) is 0 Å². The van der Waals surface area contributed by atoms with Crippen molar-refractivity contribution in [1.82, 2.24) is 4.98 Å². The summed E-state index contributed by atoms with van der Waals surface area (Å²) >= 11 is 0. The molecule has 1 unspecified atom stereocenters. The first-order valence-corrected chi connectivity index (χ1v) is 6.69. The molecule has 0 aliphatic carbocycles. The van der Waals surface area contributed by atoms with Gasteiger partial charge in [0, 0.05) is 19.7 Å². The Morgan fingerprint density at radius 2 is 2.19 bits per heavy atom. The second-order valence-corrected chi connectivity index (χ2v) is 4.67. The number of pyridine rings is 1. The molecule has 1 N–H and O–H groups in total. The van der Waals surface area contributed by atoms with Gasteiger partial charge in [0.05, 0.1) is 26.1 Å². The number of aliphatic hydroxyl groups is 1. The number of hydrogen-bond acceptors (Lipinski definition) is 6. The van der Waals surface area contributed by atoms with E-state index in [4.69, 9.17) is 13.9 Å². The Balaban J connectivity index is 1.77. The number of rotatable bonds is 8. The molecule has 0 saturated carbocycles. The predicted octanol–water partition coefficient (Wildman–Crippen LogP) is 1.70. The van der Waals surface area contributed by atoms with Crippen LogP contribution >= 0.6 is 0 Å². The van der Waals surface area contributed by atoms with Gasteiger partial charge in [-0.05, 0) is 18.2 Å². The van der Waals surface area contributed by atoms with Crippen molar-refractivity contribution in [1.29, 1.82) is 0 Å². The second-order valence-electron chi connectivity index (χ2n) is 4.67. The van der Waals surface area contributed by atoms with E-state index in [1.54, 1.807) is 25.5 Å². The number of ether oxygens (including phenoxy) is 2. The van der Waals surface area contributed by atoms with Crippen LogP contribution in [0.3, 0.4) is 0 Å². The molecule has 1 atom stereocenters. The molecule has 21 heavy (non-hydrogen) atoms. The molecule has 0 radical (unpaired) electrons. The summed E-state index contributed by atoms with van der Waals surface area (Å²) in [6.07, 6.45) is 0.982. The molecule has 0 saturated heterocycles. The van der Waals surface area contributed by atoms with Crippen molar-refractivity contribution >= 4 is 5.82 Å². The third kappa shape index (κ3) is 4.77. The van der Waals surface area contributed by atoms with Gasteiger partial charge in [-0.3, -0.25) is 0 Å². The molecule has 0 fully saturated rings. The molecule has 0 bridgehead atoms. The highest BCUT2D eigenvalue weighted by Crippen LogP contribution is 2.14. The summed E-state index contributed by atoms with van der Waals surface area (Å²) in [5.41, 5.74) is 0. The van der Waals surface area contributed by atoms with Crippen molar-refractivity contribution in [2.45, 2.75) is 12.7 Å². The molecule has 0 spiro atoms. The minimum Gasteiger partial charge on any atom is -0.481 e. The number of anilines is 1. The Hall–Kier alpha value is -2.05. The summed E-state index contributed by atoms with van der Waals surface area (Å²) in [6, 6.07) is 9.13. The highest BCUT2D eigenvalue weighted by Gasteiger charge is 2.11. The Labute approximate surface area is 123 Å². The molecule has 2 rings (SSSR count). The molecule has 2 aromatic heterocycles. The monoisotopic (exact) mass is 292 g/mol. The fourth-order valence-corrected chi connectivity index (χ4v) is 1.88. The van der Waals surface area contributed by atoms with Gasteiger partial charge in [-0.25, -0.2) is 0 Å². The molecule has 114 valence electrons. The van der Waals surface area contributed by atoms with Crippen LogP contribution in [-0.2, 0) is 11.3 Å². The predicted molar refractivity (Wildman–Crippen MR) is 78.4 cm³/mol. The van der Waals surface area contributed by atoms with Gasteiger partial charge in [0.15, 0.2) is 0 Å². The molecular formula is C15H20N2O4. The van der Waals surface area contributed by atoms with Crippen LogP contribution in [0.25, 0.3) is 0 Å². The number of likely N-dealkylation sites (N-methyl/N-ethyl adjacent to an activating group) is 1. The fraction of sp³-hybridized carbons (Fsp3) is 0.400. The van der Waals surface area contributed by atoms with Crippen LogP contribution in [0.4, 0.5) is 5.82 Å². The maximum Gasteiger partial charge on any atom is 0.214 e. The lowest BCUT2D eigenvalue weighted by Gasteiger charge is -2.21. The summed E-state index contributed by atoms with van der Waals surface area (Å²) in [7, 11) is 3.43. The van der Waals surface area contributed by atoms with Crippen LogP contribution in [0.5, 0.6) is 5.88 Å². The molecule has 2 heterocycles. The lowest BCUT2D eigenvalue weighted by atomic mass is 10.3. The van der Waals surface area contributed by atoms with Crippen molar-refractivity contribution in [2.75, 3.05) is 32.2 Å². The number of hydrogen-bond donors (Lipinski definition) is 1. The first-order chi connectivity index (χ1) is 10.2. The van der Waals surface area contributed by atoms with E-state index >= 15 is 0 Å². The summed E-state index contributed by atoms with van der Waals surface area (Å²) in [5, 5.41) is 9.98.